The number of hydrogen-bond donors (Lipinski definition) is 1. The average molecular weight is 888 g/mol. The van der Waals surface area contributed by atoms with E-state index in [-0.39, 0.29) is 13.3 Å². The van der Waals surface area contributed by atoms with E-state index in [0.717, 1.165) is 51.1 Å². The number of aryl methyl sites for hydroxylation is 2. The summed E-state index contributed by atoms with van der Waals surface area (Å²) in [6, 6.07) is 15.7. The molecule has 1 aliphatic heterocycles. The van der Waals surface area contributed by atoms with E-state index in [2.05, 4.69) is 20.3 Å². The second-order valence-electron chi connectivity index (χ2n) is 11.3. The van der Waals surface area contributed by atoms with Gasteiger partial charge in [0.1, 0.15) is 29.4 Å². The molecule has 1 amide bonds. The molecule has 2 aromatic heterocycles. The van der Waals surface area contributed by atoms with Gasteiger partial charge in [-0.25, -0.2) is 15.0 Å². The standard InChI is InChI=1S/C34H37N8O3.CH3.Rf/c1-23-17-24(8-11-31(23)45-25-9-10-30-28(18-25)38-22-41(30)4)39-34-26-19-29-32(20-27(26)36-21-37-34)44-16-6-14-42(15-12-35-29)33(43)7-5-13-40(2)3;;/h5,7-11,17-22H,6,12-16H2,1-4H3,(H,36,37,39);1H3;/q2*-1;/b7-5+;;. The number of benzene rings is 3. The number of hydrogen-bond acceptors (Lipinski definition) is 8. The summed E-state index contributed by atoms with van der Waals surface area (Å²) in [5, 5.41) is 9.08. The number of carbonyl (C=O) groups is 1. The third-order valence-electron chi connectivity index (χ3n) is 7.60. The van der Waals surface area contributed by atoms with Crippen LogP contribution in [0.25, 0.3) is 27.3 Å². The van der Waals surface area contributed by atoms with Gasteiger partial charge < -0.3 is 41.9 Å². The average Bonchev–Trinajstić information content (AvgIpc) is 3.39. The van der Waals surface area contributed by atoms with E-state index in [1.165, 1.54) is 0 Å². The zero-order valence-electron chi connectivity index (χ0n) is 27.7. The van der Waals surface area contributed by atoms with Crippen LogP contribution >= 0.6 is 0 Å². The van der Waals surface area contributed by atoms with Crippen molar-refractivity contribution in [2.75, 3.05) is 52.2 Å². The van der Waals surface area contributed by atoms with Gasteiger partial charge in [0.25, 0.3) is 0 Å². The van der Waals surface area contributed by atoms with Gasteiger partial charge >= 0.3 is 0 Å². The minimum absolute atomic E-state index is 0. The number of amides is 1. The molecule has 1 N–H and O–H groups in total. The van der Waals surface area contributed by atoms with Gasteiger partial charge in [-0.05, 0) is 63.3 Å². The van der Waals surface area contributed by atoms with Gasteiger partial charge in [0.05, 0.1) is 29.5 Å². The van der Waals surface area contributed by atoms with E-state index >= 15 is 0 Å². The minimum Gasteiger partial charge on any atom is -0.680 e. The van der Waals surface area contributed by atoms with E-state index < -0.39 is 0 Å². The summed E-state index contributed by atoms with van der Waals surface area (Å²) < 4.78 is 14.3. The van der Waals surface area contributed by atoms with Crippen molar-refractivity contribution in [2.24, 2.45) is 7.05 Å². The molecule has 0 unspecified atom stereocenters. The van der Waals surface area contributed by atoms with Crippen LogP contribution in [0.1, 0.15) is 12.0 Å². The van der Waals surface area contributed by atoms with Crippen molar-refractivity contribution in [1.82, 2.24) is 29.3 Å². The Balaban J connectivity index is 0.00000250. The fourth-order valence-corrected chi connectivity index (χ4v) is 5.23. The van der Waals surface area contributed by atoms with Crippen molar-refractivity contribution in [2.45, 2.75) is 13.3 Å². The Kier molecular flexibility index (Phi) is 10.6. The molecule has 1 aliphatic rings. The SMILES string of the molecule is Cc1cc(Nc2ncnc3cc4c(cc23)[N-]CCN(C(=O)/C=C/CN(C)C)CCCO4)ccc1Oc1ccc2c(c1)ncn2C.[CH3-].[Rf]. The predicted molar refractivity (Wildman–Crippen MR) is 183 cm³/mol. The number of rotatable bonds is 7. The van der Waals surface area contributed by atoms with Crippen molar-refractivity contribution in [1.29, 1.82) is 0 Å². The zero-order valence-corrected chi connectivity index (χ0v) is 34.1. The van der Waals surface area contributed by atoms with E-state index in [1.807, 2.05) is 97.0 Å². The van der Waals surface area contributed by atoms with Crippen LogP contribution in [0.15, 0.2) is 73.3 Å². The first-order chi connectivity index (χ1) is 21.8. The summed E-state index contributed by atoms with van der Waals surface area (Å²) in [5.41, 5.74) is 5.23. The molecule has 0 radical (unpaired) electrons. The number of ether oxygens (including phenoxy) is 2. The fraction of sp³-hybridized carbons (Fsp3) is 0.286. The number of fused-ring (bicyclic) bond motifs is 3. The van der Waals surface area contributed by atoms with Gasteiger partial charge in [-0.3, -0.25) is 4.79 Å². The molecule has 47 heavy (non-hydrogen) atoms. The van der Waals surface area contributed by atoms with Crippen LogP contribution in [0.3, 0.4) is 0 Å². The van der Waals surface area contributed by atoms with Gasteiger partial charge in [0, 0.05) is 56.0 Å². The Morgan fingerprint density at radius 1 is 1.09 bits per heavy atom. The Hall–Kier alpha value is -6.16. The van der Waals surface area contributed by atoms with Crippen LogP contribution in [0.4, 0.5) is 17.2 Å². The molecule has 11 nitrogen and oxygen atoms in total. The van der Waals surface area contributed by atoms with Crippen LogP contribution in [-0.4, -0.2) is 82.1 Å². The number of nitrogens with zero attached hydrogens (tertiary/aromatic N) is 7. The molecule has 0 fully saturated rings. The van der Waals surface area contributed by atoms with Gasteiger partial charge in [0.15, 0.2) is 0 Å². The van der Waals surface area contributed by atoms with Crippen molar-refractivity contribution in [3.63, 3.8) is 0 Å². The molecule has 242 valence electrons. The molecule has 6 rings (SSSR count). The number of nitrogens with one attached hydrogen (secondary N) is 1. The molecular weight excluding hydrogens is 847 g/mol. The maximum absolute atomic E-state index is 12.8. The topological polar surface area (TPSA) is 112 Å². The second-order valence-corrected chi connectivity index (χ2v) is 11.3. The first-order valence-electron chi connectivity index (χ1n) is 15.0. The third kappa shape index (κ3) is 7.74. The van der Waals surface area contributed by atoms with Crippen molar-refractivity contribution in [3.05, 3.63) is 91.6 Å². The molecule has 0 saturated carbocycles. The van der Waals surface area contributed by atoms with Crippen molar-refractivity contribution < 1.29 is 14.3 Å². The molecule has 5 aromatic rings. The van der Waals surface area contributed by atoms with E-state index in [1.54, 1.807) is 18.7 Å². The molecule has 3 aromatic carbocycles. The Morgan fingerprint density at radius 3 is 2.74 bits per heavy atom. The Morgan fingerprint density at radius 2 is 1.94 bits per heavy atom. The molecule has 3 heterocycles. The van der Waals surface area contributed by atoms with Crippen LogP contribution < -0.4 is 14.8 Å². The van der Waals surface area contributed by atoms with Gasteiger partial charge in [-0.2, -0.15) is 0 Å². The summed E-state index contributed by atoms with van der Waals surface area (Å²) in [7, 11) is 5.92. The monoisotopic (exact) mass is 887 g/mol. The van der Waals surface area contributed by atoms with Crippen LogP contribution in [0.2, 0.25) is 0 Å². The van der Waals surface area contributed by atoms with Crippen molar-refractivity contribution in [3.8, 4) is 17.2 Å². The maximum Gasteiger partial charge on any atom is 0.246 e. The number of likely N-dealkylation sites (N-methyl/N-ethyl adjacent to an activating group) is 1. The molecule has 0 aliphatic carbocycles. The summed E-state index contributed by atoms with van der Waals surface area (Å²) in [6.07, 6.45) is 7.58. The van der Waals surface area contributed by atoms with E-state index in [9.17, 15) is 4.79 Å². The first-order valence-corrected chi connectivity index (χ1v) is 15.0. The van der Waals surface area contributed by atoms with Crippen LogP contribution in [-0.2, 0) is 11.8 Å². The zero-order chi connectivity index (χ0) is 31.3. The minimum atomic E-state index is -0.00720. The largest absolute Gasteiger partial charge is 0.680 e. The summed E-state index contributed by atoms with van der Waals surface area (Å²) in [6.45, 7) is 4.80. The van der Waals surface area contributed by atoms with Gasteiger partial charge in [-0.15, -0.1) is 6.54 Å². The number of imidazole rings is 1. The number of anilines is 2. The molecule has 12 heteroatoms. The molecular formula is C35H40N8O3Rf-2. The van der Waals surface area contributed by atoms with Crippen molar-refractivity contribution >= 4 is 45.0 Å². The smallest absolute Gasteiger partial charge is 0.246 e. The predicted octanol–water partition coefficient (Wildman–Crippen LogP) is 6.55. The number of carbonyl (C=O) groups excluding carboxylic acids is 1. The molecule has 0 bridgehead atoms. The Bertz CT molecular complexity index is 1870. The first kappa shape index (κ1) is 33.7. The number of aromatic nitrogens is 4. The van der Waals surface area contributed by atoms with Crippen LogP contribution in [0.5, 0.6) is 17.2 Å². The normalized spacial score (nSPS) is 13.3. The fourth-order valence-electron chi connectivity index (χ4n) is 5.23. The van der Waals surface area contributed by atoms with Gasteiger partial charge in [0.2, 0.25) is 5.91 Å². The van der Waals surface area contributed by atoms with E-state index in [0.29, 0.717) is 50.0 Å². The molecule has 0 atom stereocenters. The molecule has 0 spiro atoms. The molecule has 0 saturated heterocycles. The second kappa shape index (κ2) is 14.7. The van der Waals surface area contributed by atoms with E-state index in [4.69, 9.17) is 14.8 Å². The summed E-state index contributed by atoms with van der Waals surface area (Å²) in [4.78, 5) is 30.1. The maximum atomic E-state index is 12.8. The summed E-state index contributed by atoms with van der Waals surface area (Å²) >= 11 is 0. The van der Waals surface area contributed by atoms with Gasteiger partial charge in [-0.1, -0.05) is 17.8 Å². The summed E-state index contributed by atoms with van der Waals surface area (Å²) in [5.74, 6) is 2.82. The van der Waals surface area contributed by atoms with Crippen LogP contribution in [0, 0.1) is 14.4 Å². The third-order valence-corrected chi connectivity index (χ3v) is 7.60. The quantitative estimate of drug-likeness (QED) is 0.145. The Labute approximate surface area is 269 Å².